The van der Waals surface area contributed by atoms with Crippen LogP contribution in [-0.4, -0.2) is 54.5 Å². The van der Waals surface area contributed by atoms with Crippen LogP contribution in [0.3, 0.4) is 0 Å². The fourth-order valence-corrected chi connectivity index (χ4v) is 4.24. The maximum atomic E-state index is 13.1. The number of carbonyl (C=O) groups excluding carboxylic acids is 1. The highest BCUT2D eigenvalue weighted by Gasteiger charge is 2.35. The fourth-order valence-electron chi connectivity index (χ4n) is 3.40. The van der Waals surface area contributed by atoms with E-state index in [1.807, 2.05) is 0 Å². The third kappa shape index (κ3) is 3.30. The van der Waals surface area contributed by atoms with Crippen LogP contribution in [0.15, 0.2) is 17.5 Å². The molecule has 2 unspecified atom stereocenters. The van der Waals surface area contributed by atoms with Crippen LogP contribution in [0.4, 0.5) is 0 Å². The summed E-state index contributed by atoms with van der Waals surface area (Å²) in [5.74, 6) is 0.311. The normalized spacial score (nSPS) is 25.8. The van der Waals surface area contributed by atoms with Gasteiger partial charge >= 0.3 is 0 Å². The van der Waals surface area contributed by atoms with E-state index < -0.39 is 0 Å². The summed E-state index contributed by atoms with van der Waals surface area (Å²) < 4.78 is 0. The van der Waals surface area contributed by atoms with Crippen LogP contribution in [0.1, 0.15) is 37.1 Å². The summed E-state index contributed by atoms with van der Waals surface area (Å²) in [7, 11) is 0. The molecule has 1 aromatic rings. The molecule has 4 nitrogen and oxygen atoms in total. The van der Waals surface area contributed by atoms with Gasteiger partial charge in [0.15, 0.2) is 0 Å². The number of thiophene rings is 1. The summed E-state index contributed by atoms with van der Waals surface area (Å²) in [5.41, 5.74) is 0. The Morgan fingerprint density at radius 2 is 2.14 bits per heavy atom. The molecule has 0 saturated carbocycles. The van der Waals surface area contributed by atoms with E-state index in [2.05, 4.69) is 39.6 Å². The number of rotatable bonds is 3. The van der Waals surface area contributed by atoms with Crippen molar-refractivity contribution in [1.29, 1.82) is 0 Å². The van der Waals surface area contributed by atoms with Gasteiger partial charge in [-0.05, 0) is 37.6 Å². The van der Waals surface area contributed by atoms with E-state index >= 15 is 0 Å². The molecule has 2 saturated heterocycles. The van der Waals surface area contributed by atoms with Crippen LogP contribution in [-0.2, 0) is 4.79 Å². The summed E-state index contributed by atoms with van der Waals surface area (Å²) in [4.78, 5) is 18.8. The van der Waals surface area contributed by atoms with Gasteiger partial charge in [-0.25, -0.2) is 0 Å². The molecule has 116 valence electrons. The second-order valence-corrected chi connectivity index (χ2v) is 7.07. The predicted octanol–water partition coefficient (Wildman–Crippen LogP) is 2.10. The van der Waals surface area contributed by atoms with Gasteiger partial charge in [-0.1, -0.05) is 6.07 Å². The zero-order valence-corrected chi connectivity index (χ0v) is 13.6. The van der Waals surface area contributed by atoms with Crippen molar-refractivity contribution in [3.63, 3.8) is 0 Å². The van der Waals surface area contributed by atoms with Crippen LogP contribution in [0, 0.1) is 0 Å². The zero-order chi connectivity index (χ0) is 14.7. The molecule has 2 fully saturated rings. The molecular weight excluding hydrogens is 282 g/mol. The molecule has 2 aliphatic rings. The molecule has 2 aliphatic heterocycles. The highest BCUT2D eigenvalue weighted by molar-refractivity contribution is 7.10. The Balaban J connectivity index is 1.83. The van der Waals surface area contributed by atoms with Gasteiger partial charge < -0.3 is 10.2 Å². The summed E-state index contributed by atoms with van der Waals surface area (Å²) in [6.45, 7) is 6.97. The number of likely N-dealkylation sites (tertiary alicyclic amines) is 1. The lowest BCUT2D eigenvalue weighted by Gasteiger charge is -2.41. The molecule has 1 N–H and O–H groups in total. The minimum Gasteiger partial charge on any atom is -0.341 e. The minimum absolute atomic E-state index is 0.0831. The van der Waals surface area contributed by atoms with Gasteiger partial charge in [-0.15, -0.1) is 11.3 Å². The predicted molar refractivity (Wildman–Crippen MR) is 86.5 cm³/mol. The van der Waals surface area contributed by atoms with Crippen LogP contribution in [0.5, 0.6) is 0 Å². The molecule has 5 heteroatoms. The Bertz CT molecular complexity index is 456. The Labute approximate surface area is 131 Å². The zero-order valence-electron chi connectivity index (χ0n) is 12.8. The van der Waals surface area contributed by atoms with Crippen molar-refractivity contribution >= 4 is 17.2 Å². The minimum atomic E-state index is -0.0831. The number of amides is 1. The first-order valence-corrected chi connectivity index (χ1v) is 8.94. The lowest BCUT2D eigenvalue weighted by Crippen LogP contribution is -2.55. The Hall–Kier alpha value is -0.910. The number of nitrogens with one attached hydrogen (secondary N) is 1. The van der Waals surface area contributed by atoms with Gasteiger partial charge in [-0.3, -0.25) is 9.69 Å². The molecular formula is C16H25N3OS. The lowest BCUT2D eigenvalue weighted by atomic mass is 10.1. The summed E-state index contributed by atoms with van der Waals surface area (Å²) in [6, 6.07) is 4.50. The molecule has 0 spiro atoms. The second kappa shape index (κ2) is 6.90. The number of carbonyl (C=O) groups is 1. The van der Waals surface area contributed by atoms with E-state index in [0.717, 1.165) is 45.6 Å². The first-order valence-electron chi connectivity index (χ1n) is 8.06. The van der Waals surface area contributed by atoms with Crippen molar-refractivity contribution in [2.45, 2.75) is 38.3 Å². The van der Waals surface area contributed by atoms with E-state index in [-0.39, 0.29) is 6.04 Å². The van der Waals surface area contributed by atoms with Crippen LogP contribution < -0.4 is 5.32 Å². The molecule has 0 aliphatic carbocycles. The summed E-state index contributed by atoms with van der Waals surface area (Å²) in [5, 5.41) is 5.50. The van der Waals surface area contributed by atoms with Gasteiger partial charge in [0.2, 0.25) is 5.91 Å². The molecule has 0 radical (unpaired) electrons. The molecule has 1 aromatic heterocycles. The maximum Gasteiger partial charge on any atom is 0.245 e. The third-order valence-corrected chi connectivity index (χ3v) is 5.52. The standard InChI is InChI=1S/C16H25N3OS/c1-13-12-17-7-10-19(13)15(14-6-5-11-21-14)16(20)18-8-3-2-4-9-18/h5-6,11,13,15,17H,2-4,7-10,12H2,1H3. The van der Waals surface area contributed by atoms with Crippen LogP contribution >= 0.6 is 11.3 Å². The maximum absolute atomic E-state index is 13.1. The van der Waals surface area contributed by atoms with Gasteiger partial charge in [-0.2, -0.15) is 0 Å². The van der Waals surface area contributed by atoms with E-state index in [9.17, 15) is 4.79 Å². The van der Waals surface area contributed by atoms with Gasteiger partial charge in [0, 0.05) is 43.6 Å². The average Bonchev–Trinajstić information content (AvgIpc) is 3.04. The van der Waals surface area contributed by atoms with Crippen molar-refractivity contribution in [3.8, 4) is 0 Å². The van der Waals surface area contributed by atoms with E-state index in [4.69, 9.17) is 0 Å². The second-order valence-electron chi connectivity index (χ2n) is 6.09. The summed E-state index contributed by atoms with van der Waals surface area (Å²) >= 11 is 1.71. The molecule has 0 bridgehead atoms. The van der Waals surface area contributed by atoms with E-state index in [0.29, 0.717) is 11.9 Å². The number of piperidine rings is 1. The number of piperazine rings is 1. The largest absolute Gasteiger partial charge is 0.341 e. The molecule has 3 heterocycles. The monoisotopic (exact) mass is 307 g/mol. The number of nitrogens with zero attached hydrogens (tertiary/aromatic N) is 2. The highest BCUT2D eigenvalue weighted by Crippen LogP contribution is 2.30. The average molecular weight is 307 g/mol. The Kier molecular flexibility index (Phi) is 4.93. The van der Waals surface area contributed by atoms with Crippen molar-refractivity contribution in [2.75, 3.05) is 32.7 Å². The molecule has 21 heavy (non-hydrogen) atoms. The molecule has 2 atom stereocenters. The fraction of sp³-hybridized carbons (Fsp3) is 0.688. The SMILES string of the molecule is CC1CNCCN1C(C(=O)N1CCCCC1)c1cccs1. The smallest absolute Gasteiger partial charge is 0.245 e. The third-order valence-electron chi connectivity index (χ3n) is 4.60. The van der Waals surface area contributed by atoms with Gasteiger partial charge in [0.25, 0.3) is 0 Å². The lowest BCUT2D eigenvalue weighted by molar-refractivity contribution is -0.139. The quantitative estimate of drug-likeness (QED) is 0.929. The van der Waals surface area contributed by atoms with Crippen LogP contribution in [0.2, 0.25) is 0 Å². The number of hydrogen-bond donors (Lipinski definition) is 1. The molecule has 0 aromatic carbocycles. The first kappa shape index (κ1) is 15.0. The highest BCUT2D eigenvalue weighted by atomic mass is 32.1. The topological polar surface area (TPSA) is 35.6 Å². The van der Waals surface area contributed by atoms with Crippen LogP contribution in [0.25, 0.3) is 0 Å². The van der Waals surface area contributed by atoms with Gasteiger partial charge in [0.05, 0.1) is 0 Å². The van der Waals surface area contributed by atoms with Crippen molar-refractivity contribution in [2.24, 2.45) is 0 Å². The Morgan fingerprint density at radius 1 is 1.33 bits per heavy atom. The summed E-state index contributed by atoms with van der Waals surface area (Å²) in [6.07, 6.45) is 3.57. The van der Waals surface area contributed by atoms with Crippen molar-refractivity contribution < 1.29 is 4.79 Å². The molecule has 1 amide bonds. The number of hydrogen-bond acceptors (Lipinski definition) is 4. The first-order chi connectivity index (χ1) is 10.3. The van der Waals surface area contributed by atoms with Crippen molar-refractivity contribution in [3.05, 3.63) is 22.4 Å². The van der Waals surface area contributed by atoms with E-state index in [1.165, 1.54) is 11.3 Å². The molecule has 3 rings (SSSR count). The Morgan fingerprint density at radius 3 is 2.81 bits per heavy atom. The van der Waals surface area contributed by atoms with E-state index in [1.54, 1.807) is 11.3 Å². The van der Waals surface area contributed by atoms with Gasteiger partial charge in [0.1, 0.15) is 6.04 Å². The van der Waals surface area contributed by atoms with Crippen molar-refractivity contribution in [1.82, 2.24) is 15.1 Å².